The Labute approximate surface area is 77.9 Å². The standard InChI is InChI=1S/C10H14N2O/c1-7(2)10(11)12-8-3-5-9(13)6-4-8/h3-7,13H,1-2H3,(H2,11,12). The van der Waals surface area contributed by atoms with Gasteiger partial charge in [0.05, 0.1) is 0 Å². The predicted molar refractivity (Wildman–Crippen MR) is 54.3 cm³/mol. The van der Waals surface area contributed by atoms with Crippen molar-refractivity contribution in [3.63, 3.8) is 0 Å². The number of anilines is 1. The molecule has 0 aliphatic carbocycles. The molecule has 0 radical (unpaired) electrons. The highest BCUT2D eigenvalue weighted by molar-refractivity contribution is 5.94. The van der Waals surface area contributed by atoms with Crippen LogP contribution in [-0.4, -0.2) is 10.9 Å². The molecular formula is C10H14N2O. The zero-order valence-corrected chi connectivity index (χ0v) is 7.83. The number of hydrogen-bond donors (Lipinski definition) is 3. The molecule has 0 aliphatic rings. The highest BCUT2D eigenvalue weighted by Crippen LogP contribution is 2.14. The third kappa shape index (κ3) is 2.78. The zero-order valence-electron chi connectivity index (χ0n) is 7.83. The number of benzene rings is 1. The van der Waals surface area contributed by atoms with E-state index in [-0.39, 0.29) is 11.7 Å². The Bertz CT molecular complexity index is 290. The molecule has 0 bridgehead atoms. The van der Waals surface area contributed by atoms with E-state index in [1.807, 2.05) is 13.8 Å². The van der Waals surface area contributed by atoms with E-state index in [1.54, 1.807) is 24.3 Å². The third-order valence-corrected chi connectivity index (χ3v) is 1.72. The van der Waals surface area contributed by atoms with Gasteiger partial charge in [-0.1, -0.05) is 13.8 Å². The first-order valence-corrected chi connectivity index (χ1v) is 4.24. The molecule has 0 heterocycles. The van der Waals surface area contributed by atoms with E-state index < -0.39 is 0 Å². The summed E-state index contributed by atoms with van der Waals surface area (Å²) in [7, 11) is 0. The number of phenolic OH excluding ortho intramolecular Hbond substituents is 1. The first-order chi connectivity index (χ1) is 6.09. The van der Waals surface area contributed by atoms with Gasteiger partial charge in [0.25, 0.3) is 0 Å². The van der Waals surface area contributed by atoms with Crippen molar-refractivity contribution in [1.82, 2.24) is 0 Å². The number of hydrogen-bond acceptors (Lipinski definition) is 2. The SMILES string of the molecule is CC(C)C(=N)Nc1ccc(O)cc1. The largest absolute Gasteiger partial charge is 0.508 e. The molecule has 0 aromatic heterocycles. The molecule has 1 aromatic rings. The number of aromatic hydroxyl groups is 1. The van der Waals surface area contributed by atoms with E-state index in [0.717, 1.165) is 5.69 Å². The Morgan fingerprint density at radius 2 is 1.85 bits per heavy atom. The van der Waals surface area contributed by atoms with E-state index in [1.165, 1.54) is 0 Å². The average Bonchev–Trinajstić information content (AvgIpc) is 2.08. The topological polar surface area (TPSA) is 56.1 Å². The Balaban J connectivity index is 2.65. The molecule has 1 rings (SSSR count). The third-order valence-electron chi connectivity index (χ3n) is 1.72. The van der Waals surface area contributed by atoms with Crippen LogP contribution < -0.4 is 5.32 Å². The molecule has 1 aromatic carbocycles. The van der Waals surface area contributed by atoms with Crippen LogP contribution in [0.15, 0.2) is 24.3 Å². The summed E-state index contributed by atoms with van der Waals surface area (Å²) in [5, 5.41) is 19.5. The van der Waals surface area contributed by atoms with Gasteiger partial charge in [-0.2, -0.15) is 0 Å². The fourth-order valence-electron chi connectivity index (χ4n) is 0.845. The average molecular weight is 178 g/mol. The maximum absolute atomic E-state index is 9.02. The minimum atomic E-state index is 0.189. The summed E-state index contributed by atoms with van der Waals surface area (Å²) in [6.45, 7) is 3.91. The summed E-state index contributed by atoms with van der Waals surface area (Å²) in [5.74, 6) is 0.904. The fourth-order valence-corrected chi connectivity index (χ4v) is 0.845. The Kier molecular flexibility index (Phi) is 2.90. The molecule has 0 saturated heterocycles. The van der Waals surface area contributed by atoms with E-state index in [4.69, 9.17) is 10.5 Å². The van der Waals surface area contributed by atoms with Crippen molar-refractivity contribution in [3.8, 4) is 5.75 Å². The Hall–Kier alpha value is -1.51. The van der Waals surface area contributed by atoms with E-state index in [9.17, 15) is 0 Å². The lowest BCUT2D eigenvalue weighted by atomic mass is 10.2. The molecule has 0 atom stereocenters. The molecule has 0 saturated carbocycles. The van der Waals surface area contributed by atoms with Crippen LogP contribution in [0.4, 0.5) is 5.69 Å². The van der Waals surface area contributed by atoms with Gasteiger partial charge in [-0.3, -0.25) is 5.41 Å². The molecular weight excluding hydrogens is 164 g/mol. The van der Waals surface area contributed by atoms with Crippen LogP contribution in [0.5, 0.6) is 5.75 Å². The van der Waals surface area contributed by atoms with Gasteiger partial charge in [0.2, 0.25) is 0 Å². The van der Waals surface area contributed by atoms with Gasteiger partial charge in [0, 0.05) is 11.6 Å². The molecule has 3 N–H and O–H groups in total. The summed E-state index contributed by atoms with van der Waals surface area (Å²) in [5.41, 5.74) is 0.830. The lowest BCUT2D eigenvalue weighted by Crippen LogP contribution is -2.16. The van der Waals surface area contributed by atoms with Gasteiger partial charge in [-0.15, -0.1) is 0 Å². The van der Waals surface area contributed by atoms with Crippen LogP contribution in [0, 0.1) is 11.3 Å². The molecule has 0 fully saturated rings. The minimum Gasteiger partial charge on any atom is -0.508 e. The summed E-state index contributed by atoms with van der Waals surface area (Å²) in [6.07, 6.45) is 0. The molecule has 0 unspecified atom stereocenters. The maximum Gasteiger partial charge on any atom is 0.115 e. The molecule has 0 aliphatic heterocycles. The molecule has 3 nitrogen and oxygen atoms in total. The van der Waals surface area contributed by atoms with Crippen LogP contribution in [0.2, 0.25) is 0 Å². The van der Waals surface area contributed by atoms with Crippen molar-refractivity contribution in [2.45, 2.75) is 13.8 Å². The van der Waals surface area contributed by atoms with Crippen LogP contribution in [0.1, 0.15) is 13.8 Å². The van der Waals surface area contributed by atoms with Gasteiger partial charge in [-0.25, -0.2) is 0 Å². The van der Waals surface area contributed by atoms with Crippen LogP contribution in [-0.2, 0) is 0 Å². The van der Waals surface area contributed by atoms with E-state index in [0.29, 0.717) is 5.84 Å². The maximum atomic E-state index is 9.02. The fraction of sp³-hybridized carbons (Fsp3) is 0.300. The van der Waals surface area contributed by atoms with Gasteiger partial charge >= 0.3 is 0 Å². The van der Waals surface area contributed by atoms with Crippen molar-refractivity contribution in [2.24, 2.45) is 5.92 Å². The summed E-state index contributed by atoms with van der Waals surface area (Å²) in [4.78, 5) is 0. The highest BCUT2D eigenvalue weighted by Gasteiger charge is 2.01. The number of phenols is 1. The Morgan fingerprint density at radius 3 is 2.31 bits per heavy atom. The molecule has 0 amide bonds. The van der Waals surface area contributed by atoms with Gasteiger partial charge < -0.3 is 10.4 Å². The van der Waals surface area contributed by atoms with E-state index >= 15 is 0 Å². The van der Waals surface area contributed by atoms with Crippen molar-refractivity contribution >= 4 is 11.5 Å². The van der Waals surface area contributed by atoms with Gasteiger partial charge in [0.15, 0.2) is 0 Å². The van der Waals surface area contributed by atoms with Crippen LogP contribution >= 0.6 is 0 Å². The van der Waals surface area contributed by atoms with Crippen molar-refractivity contribution < 1.29 is 5.11 Å². The lowest BCUT2D eigenvalue weighted by Gasteiger charge is -2.10. The van der Waals surface area contributed by atoms with Crippen LogP contribution in [0.3, 0.4) is 0 Å². The monoisotopic (exact) mass is 178 g/mol. The van der Waals surface area contributed by atoms with Gasteiger partial charge in [0.1, 0.15) is 11.6 Å². The quantitative estimate of drug-likeness (QED) is 0.370. The van der Waals surface area contributed by atoms with Crippen LogP contribution in [0.25, 0.3) is 0 Å². The first kappa shape index (κ1) is 9.58. The second-order valence-electron chi connectivity index (χ2n) is 3.24. The van der Waals surface area contributed by atoms with Crippen molar-refractivity contribution in [1.29, 1.82) is 5.41 Å². The summed E-state index contributed by atoms with van der Waals surface area (Å²) < 4.78 is 0. The second kappa shape index (κ2) is 3.94. The predicted octanol–water partition coefficient (Wildman–Crippen LogP) is 2.44. The molecule has 13 heavy (non-hydrogen) atoms. The van der Waals surface area contributed by atoms with Crippen molar-refractivity contribution in [2.75, 3.05) is 5.32 Å². The smallest absolute Gasteiger partial charge is 0.115 e. The molecule has 70 valence electrons. The minimum absolute atomic E-state index is 0.189. The number of nitrogens with one attached hydrogen (secondary N) is 2. The normalized spacial score (nSPS) is 10.1. The lowest BCUT2D eigenvalue weighted by molar-refractivity contribution is 0.475. The van der Waals surface area contributed by atoms with E-state index in [2.05, 4.69) is 5.32 Å². The summed E-state index contributed by atoms with van der Waals surface area (Å²) >= 11 is 0. The Morgan fingerprint density at radius 1 is 1.31 bits per heavy atom. The number of amidine groups is 1. The number of rotatable bonds is 2. The molecule has 0 spiro atoms. The van der Waals surface area contributed by atoms with Crippen molar-refractivity contribution in [3.05, 3.63) is 24.3 Å². The molecule has 3 heteroatoms. The first-order valence-electron chi connectivity index (χ1n) is 4.24. The second-order valence-corrected chi connectivity index (χ2v) is 3.24. The highest BCUT2D eigenvalue weighted by atomic mass is 16.3. The van der Waals surface area contributed by atoms with Gasteiger partial charge in [-0.05, 0) is 24.3 Å². The summed E-state index contributed by atoms with van der Waals surface area (Å²) in [6, 6.07) is 6.67. The zero-order chi connectivity index (χ0) is 9.84.